The molecule has 0 aromatic heterocycles. The van der Waals surface area contributed by atoms with Crippen molar-refractivity contribution in [2.24, 2.45) is 11.1 Å². The molecule has 0 aromatic rings. The van der Waals surface area contributed by atoms with Crippen LogP contribution < -0.4 is 10.5 Å². The van der Waals surface area contributed by atoms with Crippen LogP contribution in [0.1, 0.15) is 12.8 Å². The fourth-order valence-electron chi connectivity index (χ4n) is 1.96. The van der Waals surface area contributed by atoms with Crippen molar-refractivity contribution < 1.29 is 13.2 Å². The van der Waals surface area contributed by atoms with Crippen molar-refractivity contribution in [1.82, 2.24) is 10.2 Å². The SMILES string of the molecule is CNCCCN1CC(CS(N)(=O)=O)CC1=O. The average Bonchev–Trinajstić information content (AvgIpc) is 2.44. The molecule has 0 saturated carbocycles. The Morgan fingerprint density at radius 3 is 2.81 bits per heavy atom. The van der Waals surface area contributed by atoms with Gasteiger partial charge in [0.15, 0.2) is 0 Å². The number of likely N-dealkylation sites (tertiary alicyclic amines) is 1. The van der Waals surface area contributed by atoms with Crippen LogP contribution in [0.3, 0.4) is 0 Å². The topological polar surface area (TPSA) is 92.5 Å². The maximum atomic E-state index is 11.5. The number of rotatable bonds is 6. The number of sulfonamides is 1. The molecule has 1 unspecified atom stereocenters. The molecule has 6 nitrogen and oxygen atoms in total. The summed E-state index contributed by atoms with van der Waals surface area (Å²) < 4.78 is 21.8. The van der Waals surface area contributed by atoms with Crippen LogP contribution in [0.25, 0.3) is 0 Å². The van der Waals surface area contributed by atoms with E-state index in [-0.39, 0.29) is 17.6 Å². The van der Waals surface area contributed by atoms with Crippen LogP contribution in [0.2, 0.25) is 0 Å². The molecule has 1 rings (SSSR count). The predicted molar refractivity (Wildman–Crippen MR) is 61.2 cm³/mol. The number of amides is 1. The van der Waals surface area contributed by atoms with Gasteiger partial charge in [0.2, 0.25) is 15.9 Å². The van der Waals surface area contributed by atoms with E-state index in [2.05, 4.69) is 5.32 Å². The second-order valence-electron chi connectivity index (χ2n) is 4.20. The van der Waals surface area contributed by atoms with Gasteiger partial charge in [-0.1, -0.05) is 0 Å². The van der Waals surface area contributed by atoms with Crippen molar-refractivity contribution in [1.29, 1.82) is 0 Å². The summed E-state index contributed by atoms with van der Waals surface area (Å²) >= 11 is 0. The fourth-order valence-corrected chi connectivity index (χ4v) is 2.84. The highest BCUT2D eigenvalue weighted by Crippen LogP contribution is 2.18. The van der Waals surface area contributed by atoms with E-state index in [1.807, 2.05) is 7.05 Å². The Kier molecular flexibility index (Phi) is 4.69. The van der Waals surface area contributed by atoms with Gasteiger partial charge in [-0.05, 0) is 20.0 Å². The first-order chi connectivity index (χ1) is 7.42. The Morgan fingerprint density at radius 2 is 2.25 bits per heavy atom. The summed E-state index contributed by atoms with van der Waals surface area (Å²) in [4.78, 5) is 13.3. The van der Waals surface area contributed by atoms with E-state index in [1.54, 1.807) is 4.90 Å². The molecule has 1 saturated heterocycles. The van der Waals surface area contributed by atoms with Gasteiger partial charge in [-0.2, -0.15) is 0 Å². The van der Waals surface area contributed by atoms with Crippen LogP contribution in [0.15, 0.2) is 0 Å². The number of primary sulfonamides is 1. The number of carbonyl (C=O) groups is 1. The lowest BCUT2D eigenvalue weighted by molar-refractivity contribution is -0.127. The summed E-state index contributed by atoms with van der Waals surface area (Å²) in [7, 11) is -1.61. The lowest BCUT2D eigenvalue weighted by atomic mass is 10.1. The Bertz CT molecular complexity index is 342. The molecule has 0 aliphatic carbocycles. The summed E-state index contributed by atoms with van der Waals surface area (Å²) in [5, 5.41) is 7.96. The van der Waals surface area contributed by atoms with Crippen LogP contribution in [0, 0.1) is 5.92 Å². The van der Waals surface area contributed by atoms with E-state index < -0.39 is 10.0 Å². The maximum absolute atomic E-state index is 11.5. The minimum Gasteiger partial charge on any atom is -0.342 e. The Balaban J connectivity index is 2.38. The summed E-state index contributed by atoms with van der Waals surface area (Å²) in [5.74, 6) is -0.205. The smallest absolute Gasteiger partial charge is 0.222 e. The molecule has 1 amide bonds. The Hall–Kier alpha value is -0.660. The molecule has 94 valence electrons. The van der Waals surface area contributed by atoms with Crippen LogP contribution in [-0.4, -0.2) is 51.7 Å². The van der Waals surface area contributed by atoms with Crippen molar-refractivity contribution >= 4 is 15.9 Å². The first kappa shape index (κ1) is 13.4. The summed E-state index contributed by atoms with van der Waals surface area (Å²) in [6.07, 6.45) is 1.18. The van der Waals surface area contributed by atoms with Gasteiger partial charge < -0.3 is 10.2 Å². The summed E-state index contributed by atoms with van der Waals surface area (Å²) in [5.41, 5.74) is 0. The molecule has 0 radical (unpaired) electrons. The second kappa shape index (κ2) is 5.60. The van der Waals surface area contributed by atoms with E-state index in [1.165, 1.54) is 0 Å². The third kappa shape index (κ3) is 4.46. The van der Waals surface area contributed by atoms with Crippen LogP contribution in [0.5, 0.6) is 0 Å². The minimum atomic E-state index is -3.47. The molecule has 3 N–H and O–H groups in total. The zero-order valence-electron chi connectivity index (χ0n) is 9.48. The van der Waals surface area contributed by atoms with Gasteiger partial charge in [0, 0.05) is 25.4 Å². The molecule has 1 aliphatic heterocycles. The average molecular weight is 249 g/mol. The summed E-state index contributed by atoms with van der Waals surface area (Å²) in [6.45, 7) is 2.05. The molecular weight excluding hydrogens is 230 g/mol. The van der Waals surface area contributed by atoms with Gasteiger partial charge in [-0.3, -0.25) is 4.79 Å². The molecule has 0 spiro atoms. The van der Waals surface area contributed by atoms with E-state index >= 15 is 0 Å². The largest absolute Gasteiger partial charge is 0.342 e. The highest BCUT2D eigenvalue weighted by molar-refractivity contribution is 7.89. The van der Waals surface area contributed by atoms with E-state index in [9.17, 15) is 13.2 Å². The minimum absolute atomic E-state index is 0.0322. The normalized spacial score (nSPS) is 21.8. The highest BCUT2D eigenvalue weighted by Gasteiger charge is 2.31. The lowest BCUT2D eigenvalue weighted by Crippen LogP contribution is -2.29. The van der Waals surface area contributed by atoms with Gasteiger partial charge >= 0.3 is 0 Å². The Labute approximate surface area is 96.2 Å². The Morgan fingerprint density at radius 1 is 1.56 bits per heavy atom. The fraction of sp³-hybridized carbons (Fsp3) is 0.889. The lowest BCUT2D eigenvalue weighted by Gasteiger charge is -2.16. The van der Waals surface area contributed by atoms with Crippen LogP contribution in [0.4, 0.5) is 0 Å². The maximum Gasteiger partial charge on any atom is 0.222 e. The van der Waals surface area contributed by atoms with Crippen molar-refractivity contribution in [3.05, 3.63) is 0 Å². The van der Waals surface area contributed by atoms with E-state index in [0.717, 1.165) is 13.0 Å². The molecule has 0 aromatic carbocycles. The number of nitrogens with two attached hydrogens (primary N) is 1. The standard InChI is InChI=1S/C9H19N3O3S/c1-11-3-2-4-12-6-8(5-9(12)13)7-16(10,14)15/h8,11H,2-7H2,1H3,(H2,10,14,15). The molecule has 1 aliphatic rings. The van der Waals surface area contributed by atoms with Crippen molar-refractivity contribution in [2.45, 2.75) is 12.8 Å². The van der Waals surface area contributed by atoms with Crippen molar-refractivity contribution in [3.63, 3.8) is 0 Å². The zero-order chi connectivity index (χ0) is 12.2. The van der Waals surface area contributed by atoms with E-state index in [0.29, 0.717) is 19.5 Å². The van der Waals surface area contributed by atoms with Gasteiger partial charge in [0.05, 0.1) is 5.75 Å². The molecular formula is C9H19N3O3S. The van der Waals surface area contributed by atoms with Gasteiger partial charge in [0.25, 0.3) is 0 Å². The first-order valence-corrected chi connectivity index (χ1v) is 7.07. The molecule has 1 fully saturated rings. The van der Waals surface area contributed by atoms with Crippen molar-refractivity contribution in [2.75, 3.05) is 32.4 Å². The van der Waals surface area contributed by atoms with Crippen LogP contribution >= 0.6 is 0 Å². The van der Waals surface area contributed by atoms with E-state index in [4.69, 9.17) is 5.14 Å². The van der Waals surface area contributed by atoms with Crippen LogP contribution in [-0.2, 0) is 14.8 Å². The monoisotopic (exact) mass is 249 g/mol. The predicted octanol–water partition coefficient (Wildman–Crippen LogP) is -1.27. The number of nitrogens with one attached hydrogen (secondary N) is 1. The molecule has 1 atom stereocenters. The van der Waals surface area contributed by atoms with Gasteiger partial charge in [-0.15, -0.1) is 0 Å². The third-order valence-corrected chi connectivity index (χ3v) is 3.55. The molecule has 1 heterocycles. The molecule has 0 bridgehead atoms. The number of hydrogen-bond acceptors (Lipinski definition) is 4. The quantitative estimate of drug-likeness (QED) is 0.574. The number of carbonyl (C=O) groups excluding carboxylic acids is 1. The van der Waals surface area contributed by atoms with Gasteiger partial charge in [0.1, 0.15) is 0 Å². The molecule has 16 heavy (non-hydrogen) atoms. The van der Waals surface area contributed by atoms with Crippen molar-refractivity contribution in [3.8, 4) is 0 Å². The number of nitrogens with zero attached hydrogens (tertiary/aromatic N) is 1. The highest BCUT2D eigenvalue weighted by atomic mass is 32.2. The number of hydrogen-bond donors (Lipinski definition) is 2. The first-order valence-electron chi connectivity index (χ1n) is 5.35. The molecule has 7 heteroatoms. The third-order valence-electron chi connectivity index (χ3n) is 2.62. The van der Waals surface area contributed by atoms with Gasteiger partial charge in [-0.25, -0.2) is 13.6 Å². The second-order valence-corrected chi connectivity index (χ2v) is 5.86. The summed E-state index contributed by atoms with van der Waals surface area (Å²) in [6, 6.07) is 0. The zero-order valence-corrected chi connectivity index (χ0v) is 10.3.